The molecule has 1 aromatic carbocycles. The van der Waals surface area contributed by atoms with E-state index in [1.165, 1.54) is 12.1 Å². The van der Waals surface area contributed by atoms with Crippen molar-refractivity contribution in [3.05, 3.63) is 47.7 Å². The monoisotopic (exact) mass is 416 g/mol. The van der Waals surface area contributed by atoms with Crippen molar-refractivity contribution < 1.29 is 13.6 Å². The minimum Gasteiger partial charge on any atom is -0.350 e. The molecule has 0 spiro atoms. The van der Waals surface area contributed by atoms with Crippen molar-refractivity contribution in [1.82, 2.24) is 20.5 Å². The quantitative estimate of drug-likeness (QED) is 0.789. The Morgan fingerprint density at radius 3 is 2.87 bits per heavy atom. The third kappa shape index (κ3) is 3.69. The predicted molar refractivity (Wildman–Crippen MR) is 111 cm³/mol. The van der Waals surface area contributed by atoms with Gasteiger partial charge in [-0.05, 0) is 58.0 Å². The molecular weight excluding hydrogens is 390 g/mol. The molecular formula is C21H26F2N6O. The van der Waals surface area contributed by atoms with Crippen molar-refractivity contribution in [2.45, 2.75) is 50.5 Å². The lowest BCUT2D eigenvalue weighted by Gasteiger charge is -2.33. The molecule has 0 saturated carbocycles. The van der Waals surface area contributed by atoms with E-state index in [0.717, 1.165) is 12.5 Å². The molecule has 0 aromatic heterocycles. The molecule has 160 valence electrons. The second-order valence-corrected chi connectivity index (χ2v) is 8.25. The molecule has 3 aliphatic rings. The molecule has 1 aromatic rings. The van der Waals surface area contributed by atoms with E-state index in [1.807, 2.05) is 11.0 Å². The fraction of sp³-hybridized carbons (Fsp3) is 0.476. The van der Waals surface area contributed by atoms with Gasteiger partial charge in [-0.3, -0.25) is 4.79 Å². The number of rotatable bonds is 4. The molecule has 30 heavy (non-hydrogen) atoms. The summed E-state index contributed by atoms with van der Waals surface area (Å²) in [5.74, 6) is -0.348. The summed E-state index contributed by atoms with van der Waals surface area (Å²) < 4.78 is 28.1. The minimum atomic E-state index is -0.729. The third-order valence-corrected chi connectivity index (χ3v) is 5.95. The Morgan fingerprint density at radius 2 is 2.10 bits per heavy atom. The number of nitrogens with one attached hydrogen (secondary N) is 2. The van der Waals surface area contributed by atoms with Crippen LogP contribution in [0.1, 0.15) is 38.3 Å². The SMILES string of the molecule is CNC(C)(C)C(=O)NC1C=NN2C=CC(N3CCC[C@@H]3c3cc(F)ccc3F)=NC12. The predicted octanol–water partition coefficient (Wildman–Crippen LogP) is 2.14. The van der Waals surface area contributed by atoms with Crippen LogP contribution in [-0.4, -0.2) is 59.2 Å². The van der Waals surface area contributed by atoms with Gasteiger partial charge in [0.05, 0.1) is 17.8 Å². The Morgan fingerprint density at radius 1 is 1.30 bits per heavy atom. The number of amides is 1. The molecule has 1 fully saturated rings. The maximum absolute atomic E-state index is 14.4. The Kier molecular flexibility index (Phi) is 5.31. The number of amidine groups is 1. The average Bonchev–Trinajstić information content (AvgIpc) is 3.36. The molecule has 0 radical (unpaired) electrons. The highest BCUT2D eigenvalue weighted by molar-refractivity contribution is 5.95. The standard InChI is InChI=1S/C21H26F2N6O/c1-21(2,24-3)20(30)26-16-12-25-29-10-8-18(27-19(16)29)28-9-4-5-17(28)14-11-13(22)6-7-15(14)23/h6-8,10-12,16-17,19,24H,4-5,9H2,1-3H3,(H,26,30)/t16?,17-,19?/m1/s1. The number of benzene rings is 1. The van der Waals surface area contributed by atoms with Gasteiger partial charge in [-0.1, -0.05) is 0 Å². The number of likely N-dealkylation sites (tertiary alicyclic amines) is 1. The van der Waals surface area contributed by atoms with Gasteiger partial charge in [0.1, 0.15) is 23.5 Å². The lowest BCUT2D eigenvalue weighted by Crippen LogP contribution is -2.56. The summed E-state index contributed by atoms with van der Waals surface area (Å²) in [5, 5.41) is 12.0. The third-order valence-electron chi connectivity index (χ3n) is 5.95. The van der Waals surface area contributed by atoms with E-state index in [1.54, 1.807) is 38.3 Å². The van der Waals surface area contributed by atoms with Crippen LogP contribution < -0.4 is 10.6 Å². The van der Waals surface area contributed by atoms with Gasteiger partial charge >= 0.3 is 0 Å². The zero-order chi connectivity index (χ0) is 21.5. The van der Waals surface area contributed by atoms with Crippen LogP contribution in [0.2, 0.25) is 0 Å². The number of nitrogens with zero attached hydrogens (tertiary/aromatic N) is 4. The summed E-state index contributed by atoms with van der Waals surface area (Å²) in [4.78, 5) is 19.4. The van der Waals surface area contributed by atoms with E-state index < -0.39 is 29.4 Å². The molecule has 3 aliphatic heterocycles. The van der Waals surface area contributed by atoms with Crippen LogP contribution in [0.25, 0.3) is 0 Å². The maximum atomic E-state index is 14.4. The first kappa shape index (κ1) is 20.5. The van der Waals surface area contributed by atoms with Gasteiger partial charge in [-0.2, -0.15) is 5.10 Å². The summed E-state index contributed by atoms with van der Waals surface area (Å²) in [5.41, 5.74) is -0.387. The summed E-state index contributed by atoms with van der Waals surface area (Å²) in [6.45, 7) is 4.29. The highest BCUT2D eigenvalue weighted by Crippen LogP contribution is 2.35. The second-order valence-electron chi connectivity index (χ2n) is 8.25. The molecule has 1 amide bonds. The van der Waals surface area contributed by atoms with Crippen LogP contribution in [-0.2, 0) is 4.79 Å². The first-order valence-electron chi connectivity index (χ1n) is 10.1. The largest absolute Gasteiger partial charge is 0.350 e. The Bertz CT molecular complexity index is 928. The Balaban J connectivity index is 1.56. The summed E-state index contributed by atoms with van der Waals surface area (Å²) in [6.07, 6.45) is 6.45. The van der Waals surface area contributed by atoms with Crippen LogP contribution >= 0.6 is 0 Å². The first-order chi connectivity index (χ1) is 14.3. The lowest BCUT2D eigenvalue weighted by atomic mass is 10.0. The number of aliphatic imine (C=N–C) groups is 1. The zero-order valence-corrected chi connectivity index (χ0v) is 17.3. The lowest BCUT2D eigenvalue weighted by molar-refractivity contribution is -0.126. The van der Waals surface area contributed by atoms with E-state index in [2.05, 4.69) is 15.7 Å². The number of carbonyl (C=O) groups is 1. The molecule has 7 nitrogen and oxygen atoms in total. The fourth-order valence-electron chi connectivity index (χ4n) is 3.91. The smallest absolute Gasteiger partial charge is 0.240 e. The number of likely N-dealkylation sites (N-methyl/N-ethyl adjacent to an activating group) is 1. The van der Waals surface area contributed by atoms with Gasteiger partial charge in [0.15, 0.2) is 6.17 Å². The van der Waals surface area contributed by atoms with Crippen molar-refractivity contribution in [3.63, 3.8) is 0 Å². The maximum Gasteiger partial charge on any atom is 0.240 e. The summed E-state index contributed by atoms with van der Waals surface area (Å²) in [7, 11) is 1.73. The van der Waals surface area contributed by atoms with E-state index in [-0.39, 0.29) is 11.9 Å². The second kappa shape index (κ2) is 7.79. The highest BCUT2D eigenvalue weighted by Gasteiger charge is 2.38. The van der Waals surface area contributed by atoms with Gasteiger partial charge in [-0.15, -0.1) is 0 Å². The zero-order valence-electron chi connectivity index (χ0n) is 17.3. The number of hydrogen-bond donors (Lipinski definition) is 2. The van der Waals surface area contributed by atoms with Crippen molar-refractivity contribution >= 4 is 18.0 Å². The fourth-order valence-corrected chi connectivity index (χ4v) is 3.91. The van der Waals surface area contributed by atoms with Gasteiger partial charge < -0.3 is 15.5 Å². The van der Waals surface area contributed by atoms with Crippen molar-refractivity contribution in [1.29, 1.82) is 0 Å². The molecule has 1 saturated heterocycles. The number of hydrogen-bond acceptors (Lipinski definition) is 6. The molecule has 9 heteroatoms. The van der Waals surface area contributed by atoms with Gasteiger partial charge in [-0.25, -0.2) is 18.8 Å². The molecule has 2 unspecified atom stereocenters. The Labute approximate surface area is 174 Å². The van der Waals surface area contributed by atoms with Crippen molar-refractivity contribution in [2.24, 2.45) is 10.1 Å². The van der Waals surface area contributed by atoms with E-state index in [4.69, 9.17) is 4.99 Å². The van der Waals surface area contributed by atoms with Crippen molar-refractivity contribution in [2.75, 3.05) is 13.6 Å². The number of carbonyl (C=O) groups excluding carboxylic acids is 1. The van der Waals surface area contributed by atoms with Gasteiger partial charge in [0, 0.05) is 18.3 Å². The molecule has 2 N–H and O–H groups in total. The number of halogens is 2. The van der Waals surface area contributed by atoms with E-state index in [0.29, 0.717) is 24.4 Å². The van der Waals surface area contributed by atoms with Crippen LogP contribution in [0.4, 0.5) is 8.78 Å². The van der Waals surface area contributed by atoms with Crippen LogP contribution in [0.3, 0.4) is 0 Å². The van der Waals surface area contributed by atoms with Gasteiger partial charge in [0.2, 0.25) is 5.91 Å². The van der Waals surface area contributed by atoms with Crippen LogP contribution in [0.5, 0.6) is 0 Å². The van der Waals surface area contributed by atoms with Gasteiger partial charge in [0.25, 0.3) is 0 Å². The van der Waals surface area contributed by atoms with Crippen molar-refractivity contribution in [3.8, 4) is 0 Å². The van der Waals surface area contributed by atoms with E-state index >= 15 is 0 Å². The Hall–Kier alpha value is -2.81. The number of fused-ring (bicyclic) bond motifs is 1. The molecule has 0 aliphatic carbocycles. The molecule has 4 rings (SSSR count). The average molecular weight is 416 g/mol. The normalized spacial score (nSPS) is 25.5. The molecule has 3 heterocycles. The highest BCUT2D eigenvalue weighted by atomic mass is 19.1. The molecule has 0 bridgehead atoms. The van der Waals surface area contributed by atoms with E-state index in [9.17, 15) is 13.6 Å². The molecule has 3 atom stereocenters. The summed E-state index contributed by atoms with van der Waals surface area (Å²) >= 11 is 0. The summed E-state index contributed by atoms with van der Waals surface area (Å²) in [6, 6.07) is 2.89. The minimum absolute atomic E-state index is 0.157. The topological polar surface area (TPSA) is 72.3 Å². The van der Waals surface area contributed by atoms with Crippen LogP contribution in [0.15, 0.2) is 40.6 Å². The first-order valence-corrected chi connectivity index (χ1v) is 10.1. The number of hydrazone groups is 1. The van der Waals surface area contributed by atoms with Crippen LogP contribution in [0, 0.1) is 11.6 Å².